The quantitative estimate of drug-likeness (QED) is 0.889. The highest BCUT2D eigenvalue weighted by molar-refractivity contribution is 5.94. The van der Waals surface area contributed by atoms with Gasteiger partial charge in [-0.05, 0) is 37.6 Å². The van der Waals surface area contributed by atoms with Crippen molar-refractivity contribution >= 4 is 5.91 Å². The van der Waals surface area contributed by atoms with Gasteiger partial charge >= 0.3 is 0 Å². The molecule has 21 heavy (non-hydrogen) atoms. The zero-order valence-corrected chi connectivity index (χ0v) is 12.1. The maximum atomic E-state index is 13.8. The van der Waals surface area contributed by atoms with Crippen LogP contribution in [-0.2, 0) is 6.42 Å². The molecule has 2 aromatic rings. The van der Waals surface area contributed by atoms with Crippen LogP contribution in [0.5, 0.6) is 5.75 Å². The molecule has 5 heteroatoms. The fourth-order valence-corrected chi connectivity index (χ4v) is 1.99. The smallest absolute Gasteiger partial charge is 0.254 e. The second-order valence-corrected chi connectivity index (χ2v) is 4.84. The van der Waals surface area contributed by atoms with Crippen molar-refractivity contribution in [1.82, 2.24) is 5.32 Å². The van der Waals surface area contributed by atoms with Gasteiger partial charge in [0.2, 0.25) is 0 Å². The molecule has 0 aliphatic heterocycles. The van der Waals surface area contributed by atoms with E-state index in [-0.39, 0.29) is 11.6 Å². The maximum absolute atomic E-state index is 13.8. The van der Waals surface area contributed by atoms with Crippen LogP contribution in [0.3, 0.4) is 0 Å². The molecule has 1 amide bonds. The normalized spacial score (nSPS) is 12.0. The Balaban J connectivity index is 1.91. The Morgan fingerprint density at radius 3 is 2.86 bits per heavy atom. The van der Waals surface area contributed by atoms with Crippen LogP contribution >= 0.6 is 0 Å². The molecule has 1 aromatic carbocycles. The molecule has 1 unspecified atom stereocenters. The standard InChI is InChI=1S/C16H18FNO3/c1-11(5-6-12-4-3-9-21-12)18-16(19)14-8-7-13(20-2)10-15(14)17/h3-4,7-11H,5-6H2,1-2H3,(H,18,19). The molecule has 1 heterocycles. The molecule has 0 radical (unpaired) electrons. The maximum Gasteiger partial charge on any atom is 0.254 e. The second-order valence-electron chi connectivity index (χ2n) is 4.84. The van der Waals surface area contributed by atoms with Crippen molar-refractivity contribution in [3.63, 3.8) is 0 Å². The number of hydrogen-bond acceptors (Lipinski definition) is 3. The number of nitrogens with one attached hydrogen (secondary N) is 1. The molecule has 0 aliphatic carbocycles. The molecule has 112 valence electrons. The van der Waals surface area contributed by atoms with Crippen molar-refractivity contribution in [3.05, 3.63) is 53.7 Å². The molecule has 2 rings (SSSR count). The third kappa shape index (κ3) is 4.08. The van der Waals surface area contributed by atoms with Crippen LogP contribution in [-0.4, -0.2) is 19.1 Å². The minimum Gasteiger partial charge on any atom is -0.497 e. The first-order valence-electron chi connectivity index (χ1n) is 6.77. The van der Waals surface area contributed by atoms with Crippen LogP contribution in [0.25, 0.3) is 0 Å². The predicted molar refractivity (Wildman–Crippen MR) is 76.9 cm³/mol. The summed E-state index contributed by atoms with van der Waals surface area (Å²) in [6.45, 7) is 1.88. The van der Waals surface area contributed by atoms with Gasteiger partial charge in [0, 0.05) is 18.5 Å². The van der Waals surface area contributed by atoms with E-state index in [4.69, 9.17) is 9.15 Å². The molecular formula is C16H18FNO3. The number of carbonyl (C=O) groups excluding carboxylic acids is 1. The summed E-state index contributed by atoms with van der Waals surface area (Å²) in [5, 5.41) is 2.78. The Labute approximate surface area is 122 Å². The molecule has 1 atom stereocenters. The van der Waals surface area contributed by atoms with Gasteiger partial charge in [0.15, 0.2) is 0 Å². The number of furan rings is 1. The van der Waals surface area contributed by atoms with Crippen molar-refractivity contribution < 1.29 is 18.3 Å². The van der Waals surface area contributed by atoms with E-state index in [1.807, 2.05) is 19.1 Å². The number of benzene rings is 1. The zero-order valence-electron chi connectivity index (χ0n) is 12.1. The lowest BCUT2D eigenvalue weighted by Gasteiger charge is -2.14. The summed E-state index contributed by atoms with van der Waals surface area (Å²) in [4.78, 5) is 12.0. The van der Waals surface area contributed by atoms with Gasteiger partial charge in [-0.2, -0.15) is 0 Å². The number of aryl methyl sites for hydroxylation is 1. The van der Waals surface area contributed by atoms with Crippen molar-refractivity contribution in [3.8, 4) is 5.75 Å². The number of hydrogen-bond donors (Lipinski definition) is 1. The highest BCUT2D eigenvalue weighted by atomic mass is 19.1. The summed E-state index contributed by atoms with van der Waals surface area (Å²) >= 11 is 0. The fourth-order valence-electron chi connectivity index (χ4n) is 1.99. The molecule has 0 aliphatic rings. The average Bonchev–Trinajstić information content (AvgIpc) is 2.98. The van der Waals surface area contributed by atoms with Gasteiger partial charge in [-0.3, -0.25) is 4.79 Å². The first kappa shape index (κ1) is 15.1. The average molecular weight is 291 g/mol. The van der Waals surface area contributed by atoms with E-state index in [1.54, 1.807) is 12.3 Å². The number of ether oxygens (including phenoxy) is 1. The van der Waals surface area contributed by atoms with E-state index in [0.717, 1.165) is 18.6 Å². The summed E-state index contributed by atoms with van der Waals surface area (Å²) in [6, 6.07) is 7.81. The summed E-state index contributed by atoms with van der Waals surface area (Å²) in [6.07, 6.45) is 3.06. The molecule has 0 saturated carbocycles. The lowest BCUT2D eigenvalue weighted by Crippen LogP contribution is -2.33. The Hall–Kier alpha value is -2.30. The van der Waals surface area contributed by atoms with Crippen molar-refractivity contribution in [2.45, 2.75) is 25.8 Å². The van der Waals surface area contributed by atoms with E-state index < -0.39 is 11.7 Å². The molecule has 1 aromatic heterocycles. The van der Waals surface area contributed by atoms with Gasteiger partial charge in [-0.15, -0.1) is 0 Å². The minimum atomic E-state index is -0.593. The number of amides is 1. The first-order valence-corrected chi connectivity index (χ1v) is 6.77. The van der Waals surface area contributed by atoms with Gasteiger partial charge in [0.05, 0.1) is 18.9 Å². The van der Waals surface area contributed by atoms with E-state index in [1.165, 1.54) is 19.2 Å². The molecule has 1 N–H and O–H groups in total. The van der Waals surface area contributed by atoms with E-state index in [9.17, 15) is 9.18 Å². The van der Waals surface area contributed by atoms with Gasteiger partial charge < -0.3 is 14.5 Å². The van der Waals surface area contributed by atoms with Crippen molar-refractivity contribution in [2.75, 3.05) is 7.11 Å². The lowest BCUT2D eigenvalue weighted by atomic mass is 10.1. The topological polar surface area (TPSA) is 51.5 Å². The summed E-state index contributed by atoms with van der Waals surface area (Å²) in [5.41, 5.74) is 0.0145. The van der Waals surface area contributed by atoms with Gasteiger partial charge in [-0.1, -0.05) is 0 Å². The van der Waals surface area contributed by atoms with Crippen LogP contribution in [0.15, 0.2) is 41.0 Å². The Kier molecular flexibility index (Phi) is 4.98. The van der Waals surface area contributed by atoms with Crippen LogP contribution in [0.1, 0.15) is 29.5 Å². The number of methoxy groups -OCH3 is 1. The molecule has 4 nitrogen and oxygen atoms in total. The summed E-state index contributed by atoms with van der Waals surface area (Å²) in [7, 11) is 1.45. The Morgan fingerprint density at radius 2 is 2.24 bits per heavy atom. The van der Waals surface area contributed by atoms with Crippen LogP contribution in [0.2, 0.25) is 0 Å². The third-order valence-corrected chi connectivity index (χ3v) is 3.20. The molecule has 0 spiro atoms. The van der Waals surface area contributed by atoms with E-state index in [0.29, 0.717) is 5.75 Å². The van der Waals surface area contributed by atoms with Crippen LogP contribution in [0, 0.1) is 5.82 Å². The van der Waals surface area contributed by atoms with Crippen molar-refractivity contribution in [1.29, 1.82) is 0 Å². The van der Waals surface area contributed by atoms with Gasteiger partial charge in [0.25, 0.3) is 5.91 Å². The second kappa shape index (κ2) is 6.92. The number of rotatable bonds is 6. The monoisotopic (exact) mass is 291 g/mol. The Bertz CT molecular complexity index is 596. The van der Waals surface area contributed by atoms with Crippen LogP contribution < -0.4 is 10.1 Å². The summed E-state index contributed by atoms with van der Waals surface area (Å²) in [5.74, 6) is 0.230. The first-order chi connectivity index (χ1) is 10.1. The highest BCUT2D eigenvalue weighted by Gasteiger charge is 2.15. The third-order valence-electron chi connectivity index (χ3n) is 3.20. The van der Waals surface area contributed by atoms with Crippen molar-refractivity contribution in [2.24, 2.45) is 0 Å². The molecule has 0 bridgehead atoms. The largest absolute Gasteiger partial charge is 0.497 e. The molecular weight excluding hydrogens is 273 g/mol. The number of halogens is 1. The van der Waals surface area contributed by atoms with Gasteiger partial charge in [0.1, 0.15) is 17.3 Å². The lowest BCUT2D eigenvalue weighted by molar-refractivity contribution is 0.0934. The predicted octanol–water partition coefficient (Wildman–Crippen LogP) is 3.18. The van der Waals surface area contributed by atoms with E-state index in [2.05, 4.69) is 5.32 Å². The fraction of sp³-hybridized carbons (Fsp3) is 0.312. The minimum absolute atomic E-state index is 0.0145. The Morgan fingerprint density at radius 1 is 1.43 bits per heavy atom. The highest BCUT2D eigenvalue weighted by Crippen LogP contribution is 2.16. The number of carbonyl (C=O) groups is 1. The SMILES string of the molecule is COc1ccc(C(=O)NC(C)CCc2ccco2)c(F)c1. The zero-order chi connectivity index (χ0) is 15.2. The summed E-state index contributed by atoms with van der Waals surface area (Å²) < 4.78 is 23.9. The van der Waals surface area contributed by atoms with Crippen LogP contribution in [0.4, 0.5) is 4.39 Å². The molecule has 0 fully saturated rings. The van der Waals surface area contributed by atoms with Gasteiger partial charge in [-0.25, -0.2) is 4.39 Å². The molecule has 0 saturated heterocycles. The van der Waals surface area contributed by atoms with E-state index >= 15 is 0 Å².